The number of thiazole rings is 1. The Morgan fingerprint density at radius 2 is 2.23 bits per heavy atom. The molecule has 1 aromatic heterocycles. The first-order chi connectivity index (χ1) is 14.8. The van der Waals surface area contributed by atoms with Crippen molar-refractivity contribution in [3.05, 3.63) is 35.0 Å². The third-order valence-corrected chi connectivity index (χ3v) is 8.05. The molecule has 2 aliphatic rings. The van der Waals surface area contributed by atoms with Gasteiger partial charge in [0.1, 0.15) is 5.25 Å². The molecule has 2 aliphatic heterocycles. The van der Waals surface area contributed by atoms with Crippen molar-refractivity contribution in [2.24, 2.45) is 0 Å². The second-order valence-corrected chi connectivity index (χ2v) is 11.1. The standard InChI is InChI=1S/C21H25ClN4O3S2/c1-4-29-18(27)13(2)30-17-10-23-19(31-17)24-20(28)26-12-21(7-8-25(3)11-21)15-9-14(22)5-6-16(15)26/h5-6,9-10,13H,4,7-8,11-12H2,1-3H3,(H,23,24,28). The number of likely N-dealkylation sites (tertiary alicyclic amines) is 1. The zero-order valence-corrected chi connectivity index (χ0v) is 20.1. The maximum Gasteiger partial charge on any atom is 0.328 e. The molecule has 1 spiro atoms. The predicted molar refractivity (Wildman–Crippen MR) is 126 cm³/mol. The zero-order chi connectivity index (χ0) is 22.2. The summed E-state index contributed by atoms with van der Waals surface area (Å²) in [6.45, 7) is 6.44. The van der Waals surface area contributed by atoms with Gasteiger partial charge >= 0.3 is 12.0 Å². The van der Waals surface area contributed by atoms with E-state index < -0.39 is 0 Å². The first-order valence-electron chi connectivity index (χ1n) is 10.2. The van der Waals surface area contributed by atoms with E-state index in [4.69, 9.17) is 16.3 Å². The fourth-order valence-electron chi connectivity index (χ4n) is 4.26. The van der Waals surface area contributed by atoms with Crippen molar-refractivity contribution in [3.8, 4) is 0 Å². The van der Waals surface area contributed by atoms with E-state index in [-0.39, 0.29) is 22.7 Å². The van der Waals surface area contributed by atoms with Gasteiger partial charge in [0.25, 0.3) is 0 Å². The Balaban J connectivity index is 1.48. The fraction of sp³-hybridized carbons (Fsp3) is 0.476. The molecule has 1 N–H and O–H groups in total. The highest BCUT2D eigenvalue weighted by atomic mass is 35.5. The molecule has 1 fully saturated rings. The Labute approximate surface area is 195 Å². The lowest BCUT2D eigenvalue weighted by Crippen LogP contribution is -2.40. The van der Waals surface area contributed by atoms with Crippen molar-refractivity contribution >= 4 is 57.5 Å². The van der Waals surface area contributed by atoms with Crippen LogP contribution < -0.4 is 10.2 Å². The summed E-state index contributed by atoms with van der Waals surface area (Å²) in [4.78, 5) is 33.4. The van der Waals surface area contributed by atoms with E-state index in [9.17, 15) is 9.59 Å². The Hall–Kier alpha value is -1.81. The van der Waals surface area contributed by atoms with Crippen LogP contribution in [0.15, 0.2) is 28.6 Å². The molecule has 2 amide bonds. The Morgan fingerprint density at radius 1 is 1.42 bits per heavy atom. The van der Waals surface area contributed by atoms with Crippen LogP contribution >= 0.6 is 34.7 Å². The minimum absolute atomic E-state index is 0.0920. The summed E-state index contributed by atoms with van der Waals surface area (Å²) in [5, 5.41) is 3.78. The first kappa shape index (κ1) is 22.4. The number of esters is 1. The van der Waals surface area contributed by atoms with Crippen molar-refractivity contribution in [2.75, 3.05) is 43.5 Å². The Bertz CT molecular complexity index is 1000. The molecule has 10 heteroatoms. The monoisotopic (exact) mass is 480 g/mol. The summed E-state index contributed by atoms with van der Waals surface area (Å²) in [5.74, 6) is -0.259. The van der Waals surface area contributed by atoms with Crippen LogP contribution in [0, 0.1) is 0 Å². The molecule has 2 atom stereocenters. The molecule has 0 saturated carbocycles. The number of anilines is 2. The molecule has 1 aromatic carbocycles. The molecular formula is C21H25ClN4O3S2. The van der Waals surface area contributed by atoms with Crippen molar-refractivity contribution in [3.63, 3.8) is 0 Å². The lowest BCUT2D eigenvalue weighted by atomic mass is 9.81. The summed E-state index contributed by atoms with van der Waals surface area (Å²) in [5.41, 5.74) is 1.95. The van der Waals surface area contributed by atoms with E-state index >= 15 is 0 Å². The molecule has 4 rings (SSSR count). The molecule has 31 heavy (non-hydrogen) atoms. The highest BCUT2D eigenvalue weighted by Gasteiger charge is 2.48. The number of hydrogen-bond acceptors (Lipinski definition) is 7. The number of aromatic nitrogens is 1. The first-order valence-corrected chi connectivity index (χ1v) is 12.2. The van der Waals surface area contributed by atoms with Crippen LogP contribution in [0.2, 0.25) is 5.02 Å². The predicted octanol–water partition coefficient (Wildman–Crippen LogP) is 4.47. The number of likely N-dealkylation sites (N-methyl/N-ethyl adjacent to an activating group) is 1. The van der Waals surface area contributed by atoms with Gasteiger partial charge in [-0.05, 0) is 57.6 Å². The van der Waals surface area contributed by atoms with Crippen molar-refractivity contribution in [1.29, 1.82) is 0 Å². The number of benzene rings is 1. The summed E-state index contributed by atoms with van der Waals surface area (Å²) in [6.07, 6.45) is 2.66. The summed E-state index contributed by atoms with van der Waals surface area (Å²) < 4.78 is 5.89. The quantitative estimate of drug-likeness (QED) is 0.503. The summed E-state index contributed by atoms with van der Waals surface area (Å²) in [7, 11) is 2.10. The van der Waals surface area contributed by atoms with Crippen LogP contribution in [0.25, 0.3) is 0 Å². The van der Waals surface area contributed by atoms with Gasteiger partial charge in [0.05, 0.1) is 17.0 Å². The number of urea groups is 1. The van der Waals surface area contributed by atoms with Crippen molar-refractivity contribution in [1.82, 2.24) is 9.88 Å². The van der Waals surface area contributed by atoms with Crippen LogP contribution in [0.1, 0.15) is 25.8 Å². The SMILES string of the molecule is CCOC(=O)C(C)Sc1cnc(NC(=O)N2CC3(CCN(C)C3)c3cc(Cl)ccc32)s1. The number of thioether (sulfide) groups is 1. The van der Waals surface area contributed by atoms with Crippen molar-refractivity contribution < 1.29 is 14.3 Å². The third kappa shape index (κ3) is 4.55. The van der Waals surface area contributed by atoms with Gasteiger partial charge in [0, 0.05) is 29.2 Å². The number of fused-ring (bicyclic) bond motifs is 2. The van der Waals surface area contributed by atoms with Crippen LogP contribution in [0.4, 0.5) is 15.6 Å². The topological polar surface area (TPSA) is 74.8 Å². The second-order valence-electron chi connectivity index (χ2n) is 7.94. The van der Waals surface area contributed by atoms with Gasteiger partial charge in [-0.2, -0.15) is 0 Å². The molecule has 0 radical (unpaired) electrons. The van der Waals surface area contributed by atoms with Gasteiger partial charge in [-0.1, -0.05) is 34.7 Å². The van der Waals surface area contributed by atoms with Gasteiger partial charge in [-0.3, -0.25) is 15.0 Å². The zero-order valence-electron chi connectivity index (χ0n) is 17.7. The van der Waals surface area contributed by atoms with Crippen LogP contribution in [0.3, 0.4) is 0 Å². The third-order valence-electron chi connectivity index (χ3n) is 5.68. The van der Waals surface area contributed by atoms with Gasteiger partial charge in [-0.15, -0.1) is 0 Å². The molecule has 3 heterocycles. The lowest BCUT2D eigenvalue weighted by molar-refractivity contribution is -0.142. The number of carbonyl (C=O) groups excluding carboxylic acids is 2. The van der Waals surface area contributed by atoms with E-state index in [1.165, 1.54) is 23.1 Å². The highest BCUT2D eigenvalue weighted by molar-refractivity contribution is 8.02. The van der Waals surface area contributed by atoms with Gasteiger partial charge in [-0.25, -0.2) is 9.78 Å². The van der Waals surface area contributed by atoms with E-state index in [0.717, 1.165) is 35.0 Å². The number of halogens is 1. The van der Waals surface area contributed by atoms with E-state index in [2.05, 4.69) is 22.2 Å². The molecular weight excluding hydrogens is 456 g/mol. The van der Waals surface area contributed by atoms with E-state index in [1.54, 1.807) is 24.9 Å². The maximum atomic E-state index is 13.2. The van der Waals surface area contributed by atoms with Crippen LogP contribution in [0.5, 0.6) is 0 Å². The minimum atomic E-state index is -0.335. The minimum Gasteiger partial charge on any atom is -0.465 e. The average Bonchev–Trinajstić information content (AvgIpc) is 3.41. The fourth-order valence-corrected chi connectivity index (χ4v) is 6.46. The van der Waals surface area contributed by atoms with E-state index in [0.29, 0.717) is 23.3 Å². The largest absolute Gasteiger partial charge is 0.465 e. The normalized spacial score (nSPS) is 21.4. The maximum absolute atomic E-state index is 13.2. The number of amides is 2. The van der Waals surface area contributed by atoms with Crippen molar-refractivity contribution in [2.45, 2.75) is 35.1 Å². The molecule has 0 bridgehead atoms. The molecule has 0 aliphatic carbocycles. The second kappa shape index (κ2) is 8.97. The highest BCUT2D eigenvalue weighted by Crippen LogP contribution is 2.47. The van der Waals surface area contributed by atoms with Crippen LogP contribution in [-0.4, -0.2) is 60.4 Å². The number of hydrogen-bond donors (Lipinski definition) is 1. The molecule has 2 aromatic rings. The summed E-state index contributed by atoms with van der Waals surface area (Å²) >= 11 is 9.01. The van der Waals surface area contributed by atoms with Gasteiger partial charge in [0.2, 0.25) is 0 Å². The van der Waals surface area contributed by atoms with Gasteiger partial charge < -0.3 is 9.64 Å². The average molecular weight is 481 g/mol. The number of nitrogens with one attached hydrogen (secondary N) is 1. The molecule has 166 valence electrons. The molecule has 1 saturated heterocycles. The van der Waals surface area contributed by atoms with Crippen LogP contribution in [-0.2, 0) is 14.9 Å². The van der Waals surface area contributed by atoms with Gasteiger partial charge in [0.15, 0.2) is 5.13 Å². The number of ether oxygens (including phenoxy) is 1. The Morgan fingerprint density at radius 3 is 2.94 bits per heavy atom. The number of carbonyl (C=O) groups is 2. The molecule has 2 unspecified atom stereocenters. The number of nitrogens with zero attached hydrogens (tertiary/aromatic N) is 3. The number of rotatable bonds is 5. The molecule has 7 nitrogen and oxygen atoms in total. The smallest absolute Gasteiger partial charge is 0.328 e. The van der Waals surface area contributed by atoms with E-state index in [1.807, 2.05) is 18.2 Å². The Kier molecular flexibility index (Phi) is 6.48. The summed E-state index contributed by atoms with van der Waals surface area (Å²) in [6, 6.07) is 5.54. The lowest BCUT2D eigenvalue weighted by Gasteiger charge is -2.25.